The highest BCUT2D eigenvalue weighted by Crippen LogP contribution is 2.27. The van der Waals surface area contributed by atoms with Crippen LogP contribution in [-0.2, 0) is 0 Å². The molecule has 0 saturated carbocycles. The minimum atomic E-state index is 0. The molecule has 0 aromatic heterocycles. The number of nitrogens with zero attached hydrogens (tertiary/aromatic N) is 1. The Hall–Kier alpha value is -1.75. The van der Waals surface area contributed by atoms with Crippen LogP contribution in [0.4, 0.5) is 0 Å². The van der Waals surface area contributed by atoms with Gasteiger partial charge in [0.1, 0.15) is 0 Å². The summed E-state index contributed by atoms with van der Waals surface area (Å²) in [5.41, 5.74) is 3.99. The molecule has 0 spiro atoms. The van der Waals surface area contributed by atoms with Crippen molar-refractivity contribution in [3.8, 4) is 11.8 Å². The Morgan fingerprint density at radius 3 is 2.00 bits per heavy atom. The molecule has 0 saturated heterocycles. The first-order valence-electron chi connectivity index (χ1n) is 8.54. The summed E-state index contributed by atoms with van der Waals surface area (Å²) in [6, 6.07) is 19.6. The molecule has 0 heterocycles. The second kappa shape index (κ2) is 10.9. The molecule has 1 atom stereocenters. The summed E-state index contributed by atoms with van der Waals surface area (Å²) in [5.74, 6) is 7.10. The van der Waals surface area contributed by atoms with Crippen molar-refractivity contribution in [1.29, 1.82) is 0 Å². The van der Waals surface area contributed by atoms with Crippen LogP contribution < -0.4 is 0 Å². The lowest BCUT2D eigenvalue weighted by molar-refractivity contribution is 0.342. The van der Waals surface area contributed by atoms with E-state index in [9.17, 15) is 0 Å². The van der Waals surface area contributed by atoms with Crippen molar-refractivity contribution in [3.63, 3.8) is 0 Å². The van der Waals surface area contributed by atoms with Gasteiger partial charge in [0.2, 0.25) is 0 Å². The molecular weight excluding hydrogens is 314 g/mol. The Morgan fingerprint density at radius 1 is 0.833 bits per heavy atom. The normalized spacial score (nSPS) is 11.3. The molecule has 2 rings (SSSR count). The molecule has 0 aliphatic heterocycles. The van der Waals surface area contributed by atoms with Crippen LogP contribution in [0, 0.1) is 18.8 Å². The molecule has 0 radical (unpaired) electrons. The molecule has 1 unspecified atom stereocenters. The summed E-state index contributed by atoms with van der Waals surface area (Å²) in [6.45, 7) is 9.48. The van der Waals surface area contributed by atoms with Gasteiger partial charge < -0.3 is 0 Å². The van der Waals surface area contributed by atoms with Gasteiger partial charge in [-0.2, -0.15) is 0 Å². The topological polar surface area (TPSA) is 3.24 Å². The van der Waals surface area contributed by atoms with E-state index < -0.39 is 0 Å². The average molecular weight is 342 g/mol. The molecule has 128 valence electrons. The standard InChI is InChI=1S/C22H27N.ClH/c1-4-23(5-2)18-10-9-13-22(20-11-7-6-8-12-20)21-16-14-19(3)15-17-21;/h6-8,11-12,14-17,22H,4-5,13,18H2,1-3H3;1H. The Balaban J connectivity index is 0.00000288. The largest absolute Gasteiger partial charge is 0.293 e. The van der Waals surface area contributed by atoms with Gasteiger partial charge in [-0.3, -0.25) is 4.90 Å². The van der Waals surface area contributed by atoms with E-state index in [0.29, 0.717) is 5.92 Å². The summed E-state index contributed by atoms with van der Waals surface area (Å²) < 4.78 is 0. The third-order valence-electron chi connectivity index (χ3n) is 4.31. The van der Waals surface area contributed by atoms with Gasteiger partial charge >= 0.3 is 0 Å². The fourth-order valence-electron chi connectivity index (χ4n) is 2.70. The van der Waals surface area contributed by atoms with E-state index in [4.69, 9.17) is 0 Å². The molecule has 0 fully saturated rings. The van der Waals surface area contributed by atoms with E-state index in [0.717, 1.165) is 26.1 Å². The first kappa shape index (κ1) is 20.3. The molecule has 2 aromatic rings. The predicted octanol–water partition coefficient (Wildman–Crippen LogP) is 5.28. The van der Waals surface area contributed by atoms with E-state index in [2.05, 4.69) is 92.1 Å². The summed E-state index contributed by atoms with van der Waals surface area (Å²) in [4.78, 5) is 2.34. The van der Waals surface area contributed by atoms with Crippen LogP contribution in [0.3, 0.4) is 0 Å². The number of aryl methyl sites for hydroxylation is 1. The lowest BCUT2D eigenvalue weighted by atomic mass is 9.88. The minimum Gasteiger partial charge on any atom is -0.293 e. The van der Waals surface area contributed by atoms with Crippen molar-refractivity contribution in [1.82, 2.24) is 4.90 Å². The zero-order valence-corrected chi connectivity index (χ0v) is 15.8. The molecule has 0 bridgehead atoms. The fourth-order valence-corrected chi connectivity index (χ4v) is 2.70. The highest BCUT2D eigenvalue weighted by Gasteiger charge is 2.12. The summed E-state index contributed by atoms with van der Waals surface area (Å²) in [6.07, 6.45) is 0.869. The minimum absolute atomic E-state index is 0. The monoisotopic (exact) mass is 341 g/mol. The molecule has 2 aromatic carbocycles. The zero-order chi connectivity index (χ0) is 16.5. The average Bonchev–Trinajstić information content (AvgIpc) is 2.60. The van der Waals surface area contributed by atoms with Crippen LogP contribution in [0.5, 0.6) is 0 Å². The van der Waals surface area contributed by atoms with E-state index in [1.165, 1.54) is 16.7 Å². The molecule has 0 aliphatic rings. The van der Waals surface area contributed by atoms with E-state index >= 15 is 0 Å². The smallest absolute Gasteiger partial charge is 0.0601 e. The van der Waals surface area contributed by atoms with Gasteiger partial charge in [0, 0.05) is 12.3 Å². The summed E-state index contributed by atoms with van der Waals surface area (Å²) in [7, 11) is 0. The van der Waals surface area contributed by atoms with Crippen LogP contribution in [0.2, 0.25) is 0 Å². The number of hydrogen-bond donors (Lipinski definition) is 0. The van der Waals surface area contributed by atoms with Crippen LogP contribution >= 0.6 is 12.4 Å². The van der Waals surface area contributed by atoms with Crippen LogP contribution in [0.15, 0.2) is 54.6 Å². The van der Waals surface area contributed by atoms with Crippen LogP contribution in [0.1, 0.15) is 42.9 Å². The third-order valence-corrected chi connectivity index (χ3v) is 4.31. The SMILES string of the molecule is CCN(CC)CC#CCC(c1ccccc1)c1ccc(C)cc1.Cl. The van der Waals surface area contributed by atoms with Crippen LogP contribution in [-0.4, -0.2) is 24.5 Å². The van der Waals surface area contributed by atoms with Gasteiger partial charge in [0.15, 0.2) is 0 Å². The van der Waals surface area contributed by atoms with Gasteiger partial charge in [-0.25, -0.2) is 0 Å². The van der Waals surface area contributed by atoms with Crippen molar-refractivity contribution in [3.05, 3.63) is 71.3 Å². The molecule has 1 nitrogen and oxygen atoms in total. The quantitative estimate of drug-likeness (QED) is 0.646. The second-order valence-electron chi connectivity index (χ2n) is 5.89. The first-order valence-corrected chi connectivity index (χ1v) is 8.54. The Bertz CT molecular complexity index is 633. The molecular formula is C22H28ClN. The van der Waals surface area contributed by atoms with Gasteiger partial charge in [0.25, 0.3) is 0 Å². The van der Waals surface area contributed by atoms with E-state index in [-0.39, 0.29) is 12.4 Å². The highest BCUT2D eigenvalue weighted by molar-refractivity contribution is 5.85. The maximum Gasteiger partial charge on any atom is 0.0601 e. The molecule has 2 heteroatoms. The van der Waals surface area contributed by atoms with Crippen molar-refractivity contribution in [2.24, 2.45) is 0 Å². The second-order valence-corrected chi connectivity index (χ2v) is 5.89. The van der Waals surface area contributed by atoms with E-state index in [1.807, 2.05) is 0 Å². The summed E-state index contributed by atoms with van der Waals surface area (Å²) >= 11 is 0. The molecule has 24 heavy (non-hydrogen) atoms. The number of halogens is 1. The summed E-state index contributed by atoms with van der Waals surface area (Å²) in [5, 5.41) is 0. The van der Waals surface area contributed by atoms with Gasteiger partial charge in [-0.1, -0.05) is 79.9 Å². The molecule has 0 N–H and O–H groups in total. The van der Waals surface area contributed by atoms with Crippen molar-refractivity contribution in [2.75, 3.05) is 19.6 Å². The number of rotatable bonds is 6. The van der Waals surface area contributed by atoms with Crippen molar-refractivity contribution < 1.29 is 0 Å². The Labute approximate surface area is 153 Å². The van der Waals surface area contributed by atoms with Gasteiger partial charge in [0.05, 0.1) is 6.54 Å². The van der Waals surface area contributed by atoms with Crippen molar-refractivity contribution in [2.45, 2.75) is 33.1 Å². The number of benzene rings is 2. The highest BCUT2D eigenvalue weighted by atomic mass is 35.5. The maximum absolute atomic E-state index is 3.40. The lowest BCUT2D eigenvalue weighted by Gasteiger charge is -2.16. The fraction of sp³-hybridized carbons (Fsp3) is 0.364. The zero-order valence-electron chi connectivity index (χ0n) is 15.0. The third kappa shape index (κ3) is 6.04. The number of hydrogen-bond acceptors (Lipinski definition) is 1. The molecule has 0 amide bonds. The Kier molecular flexibility index (Phi) is 9.23. The maximum atomic E-state index is 3.40. The molecule has 0 aliphatic carbocycles. The van der Waals surface area contributed by atoms with Crippen LogP contribution in [0.25, 0.3) is 0 Å². The van der Waals surface area contributed by atoms with Crippen molar-refractivity contribution >= 4 is 12.4 Å². The lowest BCUT2D eigenvalue weighted by Crippen LogP contribution is -2.22. The Morgan fingerprint density at radius 2 is 1.42 bits per heavy atom. The van der Waals surface area contributed by atoms with E-state index in [1.54, 1.807) is 0 Å². The predicted molar refractivity (Wildman–Crippen MR) is 107 cm³/mol. The first-order chi connectivity index (χ1) is 11.2. The van der Waals surface area contributed by atoms with Gasteiger partial charge in [-0.05, 0) is 31.1 Å². The van der Waals surface area contributed by atoms with Gasteiger partial charge in [-0.15, -0.1) is 18.3 Å².